The van der Waals surface area contributed by atoms with Gasteiger partial charge in [-0.1, -0.05) is 46.3 Å². The van der Waals surface area contributed by atoms with E-state index >= 15 is 0 Å². The van der Waals surface area contributed by atoms with Gasteiger partial charge in [0.1, 0.15) is 11.6 Å². The second-order valence-electron chi connectivity index (χ2n) is 4.19. The molecule has 0 fully saturated rings. The first kappa shape index (κ1) is 14.1. The molecule has 3 N–H and O–H groups in total. The van der Waals surface area contributed by atoms with Crippen LogP contribution in [0.25, 0.3) is 0 Å². The number of rotatable bonds is 4. The molecule has 2 rings (SSSR count). The molecule has 0 amide bonds. The van der Waals surface area contributed by atoms with Crippen molar-refractivity contribution in [1.29, 1.82) is 0 Å². The van der Waals surface area contributed by atoms with E-state index in [2.05, 4.69) is 21.4 Å². The first-order valence-electron chi connectivity index (χ1n) is 5.76. The number of benzene rings is 2. The first-order valence-corrected chi connectivity index (χ1v) is 6.55. The van der Waals surface area contributed by atoms with Crippen LogP contribution in [0.3, 0.4) is 0 Å². The molecule has 0 aliphatic heterocycles. The highest BCUT2D eigenvalue weighted by Crippen LogP contribution is 2.26. The Hall–Kier alpha value is -1.30. The second-order valence-corrected chi connectivity index (χ2v) is 5.11. The third-order valence-electron chi connectivity index (χ3n) is 2.88. The first-order chi connectivity index (χ1) is 9.11. The van der Waals surface area contributed by atoms with Gasteiger partial charge in [-0.3, -0.25) is 11.3 Å². The summed E-state index contributed by atoms with van der Waals surface area (Å²) < 4.78 is 28.1. The largest absolute Gasteiger partial charge is 0.271 e. The van der Waals surface area contributed by atoms with E-state index in [1.54, 1.807) is 0 Å². The lowest BCUT2D eigenvalue weighted by Gasteiger charge is -2.18. The predicted molar refractivity (Wildman–Crippen MR) is 74.3 cm³/mol. The molecule has 0 saturated carbocycles. The molecule has 0 spiro atoms. The monoisotopic (exact) mass is 326 g/mol. The van der Waals surface area contributed by atoms with Gasteiger partial charge < -0.3 is 0 Å². The zero-order valence-corrected chi connectivity index (χ0v) is 11.6. The summed E-state index contributed by atoms with van der Waals surface area (Å²) in [6.07, 6.45) is 0.410. The zero-order chi connectivity index (χ0) is 13.8. The van der Waals surface area contributed by atoms with Crippen LogP contribution in [0.4, 0.5) is 8.78 Å². The van der Waals surface area contributed by atoms with Crippen molar-refractivity contribution in [3.63, 3.8) is 0 Å². The minimum atomic E-state index is -0.620. The number of hydrogen-bond donors (Lipinski definition) is 2. The molecule has 0 heterocycles. The Morgan fingerprint density at radius 1 is 1.11 bits per heavy atom. The van der Waals surface area contributed by atoms with Gasteiger partial charge in [-0.25, -0.2) is 8.78 Å². The lowest BCUT2D eigenvalue weighted by molar-refractivity contribution is 0.472. The van der Waals surface area contributed by atoms with Gasteiger partial charge in [0.25, 0.3) is 0 Å². The third-order valence-corrected chi connectivity index (χ3v) is 3.33. The standard InChI is InChI=1S/C14H13BrF2N2/c15-10-7-11(16)14(12(17)8-10)13(19-18)6-9-4-2-1-3-5-9/h1-5,7-8,13,19H,6,18H2. The van der Waals surface area contributed by atoms with Crippen molar-refractivity contribution < 1.29 is 8.78 Å². The highest BCUT2D eigenvalue weighted by molar-refractivity contribution is 9.10. The average molecular weight is 327 g/mol. The van der Waals surface area contributed by atoms with E-state index in [9.17, 15) is 8.78 Å². The molecule has 0 saturated heterocycles. The minimum absolute atomic E-state index is 0.0467. The summed E-state index contributed by atoms with van der Waals surface area (Å²) in [5, 5.41) is 0. The van der Waals surface area contributed by atoms with Gasteiger partial charge in [0.05, 0.1) is 6.04 Å². The third kappa shape index (κ3) is 3.37. The predicted octanol–water partition coefficient (Wildman–Crippen LogP) is 3.47. The Balaban J connectivity index is 2.32. The van der Waals surface area contributed by atoms with Crippen molar-refractivity contribution in [2.75, 3.05) is 0 Å². The highest BCUT2D eigenvalue weighted by Gasteiger charge is 2.20. The summed E-state index contributed by atoms with van der Waals surface area (Å²) in [6, 6.07) is 11.2. The number of nitrogens with two attached hydrogens (primary N) is 1. The highest BCUT2D eigenvalue weighted by atomic mass is 79.9. The molecule has 5 heteroatoms. The van der Waals surface area contributed by atoms with Crippen molar-refractivity contribution in [2.45, 2.75) is 12.5 Å². The molecule has 2 aromatic carbocycles. The van der Waals surface area contributed by atoms with E-state index in [1.165, 1.54) is 12.1 Å². The minimum Gasteiger partial charge on any atom is -0.271 e. The van der Waals surface area contributed by atoms with Crippen molar-refractivity contribution in [1.82, 2.24) is 5.43 Å². The SMILES string of the molecule is NNC(Cc1ccccc1)c1c(F)cc(Br)cc1F. The summed E-state index contributed by atoms with van der Waals surface area (Å²) in [5.74, 6) is 4.19. The Morgan fingerprint density at radius 2 is 1.68 bits per heavy atom. The van der Waals surface area contributed by atoms with Crippen LogP contribution < -0.4 is 11.3 Å². The maximum atomic E-state index is 13.9. The maximum Gasteiger partial charge on any atom is 0.132 e. The molecule has 2 nitrogen and oxygen atoms in total. The van der Waals surface area contributed by atoms with Crippen LogP contribution in [-0.4, -0.2) is 0 Å². The average Bonchev–Trinajstić information content (AvgIpc) is 2.37. The van der Waals surface area contributed by atoms with Gasteiger partial charge in [-0.15, -0.1) is 0 Å². The second kappa shape index (κ2) is 6.23. The lowest BCUT2D eigenvalue weighted by Crippen LogP contribution is -2.31. The quantitative estimate of drug-likeness (QED) is 0.667. The molecular weight excluding hydrogens is 314 g/mol. The summed E-state index contributed by atoms with van der Waals surface area (Å²) >= 11 is 3.05. The molecule has 19 heavy (non-hydrogen) atoms. The summed E-state index contributed by atoms with van der Waals surface area (Å²) in [7, 11) is 0. The fourth-order valence-electron chi connectivity index (χ4n) is 1.98. The Labute approximate surface area is 118 Å². The van der Waals surface area contributed by atoms with Gasteiger partial charge in [0, 0.05) is 10.0 Å². The fraction of sp³-hybridized carbons (Fsp3) is 0.143. The van der Waals surface area contributed by atoms with Gasteiger partial charge in [-0.2, -0.15) is 0 Å². The van der Waals surface area contributed by atoms with Gasteiger partial charge in [-0.05, 0) is 24.1 Å². The smallest absolute Gasteiger partial charge is 0.132 e. The molecular formula is C14H13BrF2N2. The number of hydrogen-bond acceptors (Lipinski definition) is 2. The van der Waals surface area contributed by atoms with Crippen molar-refractivity contribution >= 4 is 15.9 Å². The van der Waals surface area contributed by atoms with Crippen LogP contribution in [-0.2, 0) is 6.42 Å². The van der Waals surface area contributed by atoms with Crippen LogP contribution in [0.15, 0.2) is 46.9 Å². The molecule has 0 aliphatic carbocycles. The van der Waals surface area contributed by atoms with E-state index in [-0.39, 0.29) is 5.56 Å². The molecule has 0 aromatic heterocycles. The molecule has 1 unspecified atom stereocenters. The van der Waals surface area contributed by atoms with E-state index < -0.39 is 17.7 Å². The Bertz CT molecular complexity index is 538. The van der Waals surface area contributed by atoms with E-state index in [4.69, 9.17) is 5.84 Å². The molecule has 100 valence electrons. The molecule has 0 radical (unpaired) electrons. The molecule has 1 atom stereocenters. The van der Waals surface area contributed by atoms with Crippen LogP contribution in [0.1, 0.15) is 17.2 Å². The van der Waals surface area contributed by atoms with E-state index in [0.29, 0.717) is 10.9 Å². The van der Waals surface area contributed by atoms with Crippen LogP contribution in [0.5, 0.6) is 0 Å². The number of halogens is 3. The molecule has 0 bridgehead atoms. The summed E-state index contributed by atoms with van der Waals surface area (Å²) in [6.45, 7) is 0. The van der Waals surface area contributed by atoms with Crippen molar-refractivity contribution in [3.8, 4) is 0 Å². The molecule has 2 aromatic rings. The Morgan fingerprint density at radius 3 is 2.21 bits per heavy atom. The van der Waals surface area contributed by atoms with Gasteiger partial charge in [0.2, 0.25) is 0 Å². The number of hydrazine groups is 1. The summed E-state index contributed by atoms with van der Waals surface area (Å²) in [5.41, 5.74) is 3.38. The fourth-order valence-corrected chi connectivity index (χ4v) is 2.38. The van der Waals surface area contributed by atoms with Gasteiger partial charge in [0.15, 0.2) is 0 Å². The van der Waals surface area contributed by atoms with Crippen molar-refractivity contribution in [3.05, 3.63) is 69.7 Å². The topological polar surface area (TPSA) is 38.0 Å². The molecule has 0 aliphatic rings. The van der Waals surface area contributed by atoms with Crippen molar-refractivity contribution in [2.24, 2.45) is 5.84 Å². The normalized spacial score (nSPS) is 12.4. The maximum absolute atomic E-state index is 13.9. The Kier molecular flexibility index (Phi) is 4.63. The van der Waals surface area contributed by atoms with Gasteiger partial charge >= 0.3 is 0 Å². The summed E-state index contributed by atoms with van der Waals surface area (Å²) in [4.78, 5) is 0. The lowest BCUT2D eigenvalue weighted by atomic mass is 9.98. The van der Waals surface area contributed by atoms with Crippen LogP contribution in [0, 0.1) is 11.6 Å². The number of nitrogens with one attached hydrogen (secondary N) is 1. The van der Waals surface area contributed by atoms with E-state index in [0.717, 1.165) is 5.56 Å². The van der Waals surface area contributed by atoms with Crippen LogP contribution in [0.2, 0.25) is 0 Å². The van der Waals surface area contributed by atoms with Crippen LogP contribution >= 0.6 is 15.9 Å². The van der Waals surface area contributed by atoms with E-state index in [1.807, 2.05) is 30.3 Å². The zero-order valence-electron chi connectivity index (χ0n) is 10.0.